The minimum absolute atomic E-state index is 0.101. The van der Waals surface area contributed by atoms with Gasteiger partial charge in [0.15, 0.2) is 0 Å². The van der Waals surface area contributed by atoms with Crippen LogP contribution in [0.4, 0.5) is 0 Å². The van der Waals surface area contributed by atoms with Crippen LogP contribution in [-0.4, -0.2) is 26.6 Å². The van der Waals surface area contributed by atoms with Crippen LogP contribution in [0.1, 0.15) is 47.9 Å². The molecule has 2 N–H and O–H groups in total. The number of hydrogen-bond donors (Lipinski definition) is 2. The van der Waals surface area contributed by atoms with Crippen LogP contribution in [-0.2, 0) is 0 Å². The number of nitrogens with zero attached hydrogens (tertiary/aromatic N) is 3. The van der Waals surface area contributed by atoms with Crippen molar-refractivity contribution in [1.82, 2.24) is 19.9 Å². The molecule has 5 aromatic rings. The number of rotatable bonds is 3. The highest BCUT2D eigenvalue weighted by Gasteiger charge is 2.52. The molecule has 1 saturated heterocycles. The average molecular weight is 469 g/mol. The summed E-state index contributed by atoms with van der Waals surface area (Å²) in [6.45, 7) is 6.37. The zero-order chi connectivity index (χ0) is 24.6. The van der Waals surface area contributed by atoms with Crippen LogP contribution in [0.15, 0.2) is 48.5 Å². The normalized spacial score (nSPS) is 21.1. The lowest BCUT2D eigenvalue weighted by Crippen LogP contribution is -2.28. The number of aryl methyl sites for hydroxylation is 3. The number of nitriles is 1. The number of pyridine rings is 1. The molecule has 0 spiro atoms. The first-order valence-corrected chi connectivity index (χ1v) is 13.0. The smallest absolute Gasteiger partial charge is 0.281 e. The molecule has 4 heterocycles. The highest BCUT2D eigenvalue weighted by Crippen LogP contribution is 2.54. The number of imidazole rings is 1. The number of aromatic amines is 2. The SMILES string of the molecule is Cc1cc(-c2[nH]c3cc(-c4ccc5nc(C6B(C#N)C7CCC6C7)[nH]c5c4)ccc3c2C)cc(C)n1. The second-order valence-corrected chi connectivity index (χ2v) is 10.9. The van der Waals surface area contributed by atoms with Gasteiger partial charge in [-0.3, -0.25) is 4.98 Å². The van der Waals surface area contributed by atoms with Crippen LogP contribution in [0.25, 0.3) is 44.3 Å². The standard InChI is InChI=1S/C30H28BN5/c1-16-10-22(11-17(2)33-16)29-18(3)24-8-5-19(13-26(24)34-29)20-6-9-25-27(14-20)36-30(35-25)28-21-4-7-23(12-21)31(28)15-32/h5-6,8-11,13-14,21,23,28,34H,4,7,12H2,1-3H3,(H,35,36). The lowest BCUT2D eigenvalue weighted by Gasteiger charge is -2.21. The molecule has 7 rings (SSSR count). The van der Waals surface area contributed by atoms with Crippen molar-refractivity contribution in [2.75, 3.05) is 0 Å². The minimum Gasteiger partial charge on any atom is -0.354 e. The van der Waals surface area contributed by atoms with E-state index < -0.39 is 0 Å². The van der Waals surface area contributed by atoms with E-state index in [1.54, 1.807) is 0 Å². The van der Waals surface area contributed by atoms with Crippen LogP contribution < -0.4 is 0 Å². The van der Waals surface area contributed by atoms with Crippen LogP contribution in [0.2, 0.25) is 5.82 Å². The van der Waals surface area contributed by atoms with Gasteiger partial charge in [-0.25, -0.2) is 10.2 Å². The highest BCUT2D eigenvalue weighted by molar-refractivity contribution is 6.70. The topological polar surface area (TPSA) is 81.1 Å². The molecule has 2 fully saturated rings. The van der Waals surface area contributed by atoms with Crippen LogP contribution in [0.3, 0.4) is 0 Å². The van der Waals surface area contributed by atoms with Crippen LogP contribution in [0.5, 0.6) is 0 Å². The van der Waals surface area contributed by atoms with Crippen molar-refractivity contribution in [3.8, 4) is 28.4 Å². The lowest BCUT2D eigenvalue weighted by molar-refractivity contribution is 0.525. The quantitative estimate of drug-likeness (QED) is 0.278. The Morgan fingerprint density at radius 3 is 2.39 bits per heavy atom. The van der Waals surface area contributed by atoms with Crippen molar-refractivity contribution < 1.29 is 0 Å². The van der Waals surface area contributed by atoms with E-state index in [0.717, 1.165) is 45.0 Å². The van der Waals surface area contributed by atoms with E-state index in [-0.39, 0.29) is 12.5 Å². The van der Waals surface area contributed by atoms with Crippen molar-refractivity contribution >= 4 is 28.6 Å². The first kappa shape index (κ1) is 21.4. The van der Waals surface area contributed by atoms with Gasteiger partial charge in [-0.2, -0.15) is 0 Å². The highest BCUT2D eigenvalue weighted by atomic mass is 14.9. The van der Waals surface area contributed by atoms with Gasteiger partial charge in [0.05, 0.1) is 11.0 Å². The summed E-state index contributed by atoms with van der Waals surface area (Å²) in [6, 6.07) is 17.4. The van der Waals surface area contributed by atoms with Gasteiger partial charge in [-0.05, 0) is 79.5 Å². The Kier molecular flexibility index (Phi) is 4.66. The molecule has 2 bridgehead atoms. The van der Waals surface area contributed by atoms with E-state index in [1.165, 1.54) is 41.3 Å². The van der Waals surface area contributed by atoms with E-state index in [0.29, 0.717) is 11.7 Å². The van der Waals surface area contributed by atoms with Gasteiger partial charge < -0.3 is 9.97 Å². The summed E-state index contributed by atoms with van der Waals surface area (Å²) in [5.41, 5.74) is 11.2. The maximum Gasteiger partial charge on any atom is 0.281 e. The third-order valence-corrected chi connectivity index (χ3v) is 8.64. The molecular weight excluding hydrogens is 441 g/mol. The van der Waals surface area contributed by atoms with Gasteiger partial charge in [0.25, 0.3) is 6.71 Å². The van der Waals surface area contributed by atoms with Crippen molar-refractivity contribution in [3.05, 3.63) is 71.3 Å². The Bertz CT molecular complexity index is 1680. The molecule has 1 aliphatic heterocycles. The summed E-state index contributed by atoms with van der Waals surface area (Å²) < 4.78 is 0. The van der Waals surface area contributed by atoms with E-state index in [1.807, 2.05) is 13.8 Å². The molecular formula is C30H28BN5. The van der Waals surface area contributed by atoms with Gasteiger partial charge in [-0.1, -0.05) is 37.5 Å². The molecule has 0 radical (unpaired) electrons. The Hall–Kier alpha value is -3.85. The minimum atomic E-state index is 0.101. The Labute approximate surface area is 211 Å². The van der Waals surface area contributed by atoms with Gasteiger partial charge in [0, 0.05) is 45.3 Å². The second kappa shape index (κ2) is 7.83. The lowest BCUT2D eigenvalue weighted by atomic mass is 9.35. The van der Waals surface area contributed by atoms with E-state index in [4.69, 9.17) is 4.98 Å². The Balaban J connectivity index is 1.26. The molecule has 3 aromatic heterocycles. The molecule has 2 aromatic carbocycles. The number of H-pyrrole nitrogens is 2. The van der Waals surface area contributed by atoms with Crippen molar-refractivity contribution in [3.63, 3.8) is 0 Å². The second-order valence-electron chi connectivity index (χ2n) is 10.9. The van der Waals surface area contributed by atoms with E-state index in [2.05, 4.69) is 76.4 Å². The number of benzene rings is 2. The van der Waals surface area contributed by atoms with Crippen LogP contribution in [0, 0.1) is 37.9 Å². The van der Waals surface area contributed by atoms with Crippen molar-refractivity contribution in [2.24, 2.45) is 5.92 Å². The van der Waals surface area contributed by atoms with Gasteiger partial charge in [-0.15, -0.1) is 0 Å². The first-order chi connectivity index (χ1) is 17.5. The fraction of sp³-hybridized carbons (Fsp3) is 0.300. The van der Waals surface area contributed by atoms with E-state index >= 15 is 0 Å². The molecule has 2 aliphatic rings. The predicted octanol–water partition coefficient (Wildman–Crippen LogP) is 7.06. The molecule has 5 nitrogen and oxygen atoms in total. The zero-order valence-corrected chi connectivity index (χ0v) is 20.9. The van der Waals surface area contributed by atoms with Crippen molar-refractivity contribution in [2.45, 2.75) is 51.7 Å². The van der Waals surface area contributed by atoms with Gasteiger partial charge >= 0.3 is 0 Å². The molecule has 1 saturated carbocycles. The third-order valence-electron chi connectivity index (χ3n) is 8.64. The largest absolute Gasteiger partial charge is 0.354 e. The summed E-state index contributed by atoms with van der Waals surface area (Å²) in [7, 11) is 0. The third kappa shape index (κ3) is 3.22. The van der Waals surface area contributed by atoms with Gasteiger partial charge in [0.1, 0.15) is 5.82 Å². The molecule has 6 heteroatoms. The summed E-state index contributed by atoms with van der Waals surface area (Å²) in [6.07, 6.45) is 3.61. The number of fused-ring (bicyclic) bond motifs is 4. The number of aromatic nitrogens is 4. The van der Waals surface area contributed by atoms with Crippen LogP contribution >= 0.6 is 0 Å². The number of nitrogens with one attached hydrogen (secondary N) is 2. The van der Waals surface area contributed by atoms with Gasteiger partial charge in [0.2, 0.25) is 0 Å². The Morgan fingerprint density at radius 1 is 0.861 bits per heavy atom. The molecule has 1 aliphatic carbocycles. The summed E-state index contributed by atoms with van der Waals surface area (Å²) >= 11 is 0. The summed E-state index contributed by atoms with van der Waals surface area (Å²) in [5, 5.41) is 11.0. The molecule has 3 unspecified atom stereocenters. The fourth-order valence-corrected chi connectivity index (χ4v) is 7.02. The molecule has 0 amide bonds. The number of hydrogen-bond acceptors (Lipinski definition) is 3. The summed E-state index contributed by atoms with van der Waals surface area (Å²) in [5.74, 6) is 5.00. The fourth-order valence-electron chi connectivity index (χ4n) is 7.02. The summed E-state index contributed by atoms with van der Waals surface area (Å²) in [4.78, 5) is 16.7. The van der Waals surface area contributed by atoms with Crippen molar-refractivity contribution in [1.29, 1.82) is 5.26 Å². The molecule has 176 valence electrons. The predicted molar refractivity (Wildman–Crippen MR) is 146 cm³/mol. The average Bonchev–Trinajstić information content (AvgIpc) is 3.64. The first-order valence-electron chi connectivity index (χ1n) is 13.0. The van der Waals surface area contributed by atoms with E-state index in [9.17, 15) is 5.26 Å². The molecule has 3 atom stereocenters. The molecule has 36 heavy (non-hydrogen) atoms. The zero-order valence-electron chi connectivity index (χ0n) is 20.9. The Morgan fingerprint density at radius 2 is 1.61 bits per heavy atom. The maximum atomic E-state index is 9.80. The maximum absolute atomic E-state index is 9.80. The monoisotopic (exact) mass is 469 g/mol.